The SMILES string of the molecule is Cc1ccc(CN(CC(=O)NC2CC2)CC(=O)NC2CC2)cc1. The van der Waals surface area contributed by atoms with Gasteiger partial charge in [0.1, 0.15) is 0 Å². The predicted octanol–water partition coefficient (Wildman–Crippen LogP) is 1.35. The van der Waals surface area contributed by atoms with Gasteiger partial charge in [-0.3, -0.25) is 14.5 Å². The van der Waals surface area contributed by atoms with Crippen LogP contribution >= 0.6 is 0 Å². The lowest BCUT2D eigenvalue weighted by Gasteiger charge is -2.21. The van der Waals surface area contributed by atoms with E-state index in [1.54, 1.807) is 0 Å². The summed E-state index contributed by atoms with van der Waals surface area (Å²) in [4.78, 5) is 26.1. The molecule has 0 bridgehead atoms. The van der Waals surface area contributed by atoms with E-state index in [1.165, 1.54) is 5.56 Å². The summed E-state index contributed by atoms with van der Waals surface area (Å²) in [6.45, 7) is 3.19. The molecular formula is C18H25N3O2. The lowest BCUT2D eigenvalue weighted by Crippen LogP contribution is -2.43. The molecule has 0 saturated heterocycles. The van der Waals surface area contributed by atoms with E-state index in [9.17, 15) is 9.59 Å². The van der Waals surface area contributed by atoms with Crippen molar-refractivity contribution in [3.8, 4) is 0 Å². The third kappa shape index (κ3) is 5.67. The number of hydrogen-bond donors (Lipinski definition) is 2. The summed E-state index contributed by atoms with van der Waals surface area (Å²) in [5.41, 5.74) is 2.33. The van der Waals surface area contributed by atoms with E-state index in [4.69, 9.17) is 0 Å². The zero-order valence-corrected chi connectivity index (χ0v) is 13.7. The molecular weight excluding hydrogens is 290 g/mol. The Morgan fingerprint density at radius 2 is 1.43 bits per heavy atom. The molecule has 3 rings (SSSR count). The van der Waals surface area contributed by atoms with Gasteiger partial charge in [-0.15, -0.1) is 0 Å². The minimum Gasteiger partial charge on any atom is -0.352 e. The second kappa shape index (κ2) is 7.13. The van der Waals surface area contributed by atoms with Crippen LogP contribution < -0.4 is 10.6 Å². The molecule has 0 aliphatic heterocycles. The largest absolute Gasteiger partial charge is 0.352 e. The second-order valence-corrected chi connectivity index (χ2v) is 6.81. The van der Waals surface area contributed by atoms with Crippen molar-refractivity contribution >= 4 is 11.8 Å². The maximum Gasteiger partial charge on any atom is 0.234 e. The molecule has 2 amide bonds. The van der Waals surface area contributed by atoms with Gasteiger partial charge in [0.25, 0.3) is 0 Å². The third-order valence-corrected chi connectivity index (χ3v) is 4.15. The van der Waals surface area contributed by atoms with Crippen molar-refractivity contribution in [2.24, 2.45) is 0 Å². The Bertz CT molecular complexity index is 534. The summed E-state index contributed by atoms with van der Waals surface area (Å²) in [5, 5.41) is 5.99. The van der Waals surface area contributed by atoms with Crippen LogP contribution in [0.15, 0.2) is 24.3 Å². The summed E-state index contributed by atoms with van der Waals surface area (Å²) in [5.74, 6) is 0.0256. The Labute approximate surface area is 137 Å². The lowest BCUT2D eigenvalue weighted by molar-refractivity contribution is -0.125. The summed E-state index contributed by atoms with van der Waals surface area (Å²) >= 11 is 0. The molecule has 0 radical (unpaired) electrons. The van der Waals surface area contributed by atoms with Gasteiger partial charge in [-0.05, 0) is 38.2 Å². The quantitative estimate of drug-likeness (QED) is 0.761. The number of nitrogens with zero attached hydrogens (tertiary/aromatic N) is 1. The van der Waals surface area contributed by atoms with E-state index in [0.29, 0.717) is 18.6 Å². The lowest BCUT2D eigenvalue weighted by atomic mass is 10.1. The zero-order chi connectivity index (χ0) is 16.2. The molecule has 0 atom stereocenters. The number of carbonyl (C=O) groups is 2. The van der Waals surface area contributed by atoms with Crippen LogP contribution in [0.1, 0.15) is 36.8 Å². The van der Waals surface area contributed by atoms with Gasteiger partial charge in [0.2, 0.25) is 11.8 Å². The first-order valence-corrected chi connectivity index (χ1v) is 8.45. The Kier molecular flexibility index (Phi) is 4.96. The fourth-order valence-corrected chi connectivity index (χ4v) is 2.53. The first-order chi connectivity index (χ1) is 11.1. The molecule has 0 aromatic heterocycles. The van der Waals surface area contributed by atoms with E-state index in [-0.39, 0.29) is 24.9 Å². The Balaban J connectivity index is 1.57. The summed E-state index contributed by atoms with van der Waals surface area (Å²) in [6, 6.07) is 8.93. The Hall–Kier alpha value is -1.88. The topological polar surface area (TPSA) is 61.4 Å². The first-order valence-electron chi connectivity index (χ1n) is 8.45. The third-order valence-electron chi connectivity index (χ3n) is 4.15. The molecule has 1 aromatic carbocycles. The van der Waals surface area contributed by atoms with Gasteiger partial charge >= 0.3 is 0 Å². The fourth-order valence-electron chi connectivity index (χ4n) is 2.53. The number of benzene rings is 1. The number of nitrogens with one attached hydrogen (secondary N) is 2. The van der Waals surface area contributed by atoms with E-state index >= 15 is 0 Å². The minimum atomic E-state index is 0.0128. The Morgan fingerprint density at radius 1 is 0.957 bits per heavy atom. The van der Waals surface area contributed by atoms with Crippen molar-refractivity contribution in [2.75, 3.05) is 13.1 Å². The molecule has 0 unspecified atom stereocenters. The molecule has 2 fully saturated rings. The van der Waals surface area contributed by atoms with Crippen molar-refractivity contribution in [3.05, 3.63) is 35.4 Å². The molecule has 2 aliphatic rings. The van der Waals surface area contributed by atoms with E-state index in [0.717, 1.165) is 31.2 Å². The number of hydrogen-bond acceptors (Lipinski definition) is 3. The van der Waals surface area contributed by atoms with Crippen molar-refractivity contribution in [1.29, 1.82) is 0 Å². The van der Waals surface area contributed by atoms with E-state index in [1.807, 2.05) is 11.8 Å². The van der Waals surface area contributed by atoms with Gasteiger partial charge in [-0.2, -0.15) is 0 Å². The Morgan fingerprint density at radius 3 is 1.87 bits per heavy atom. The monoisotopic (exact) mass is 315 g/mol. The van der Waals surface area contributed by atoms with Crippen LogP contribution in [-0.2, 0) is 16.1 Å². The van der Waals surface area contributed by atoms with Gasteiger partial charge in [0.05, 0.1) is 13.1 Å². The molecule has 2 N–H and O–H groups in total. The van der Waals surface area contributed by atoms with Crippen molar-refractivity contribution in [1.82, 2.24) is 15.5 Å². The van der Waals surface area contributed by atoms with E-state index < -0.39 is 0 Å². The molecule has 5 heteroatoms. The van der Waals surface area contributed by atoms with Crippen molar-refractivity contribution < 1.29 is 9.59 Å². The van der Waals surface area contributed by atoms with Crippen LogP contribution in [0.5, 0.6) is 0 Å². The number of rotatable bonds is 8. The highest BCUT2D eigenvalue weighted by Gasteiger charge is 2.26. The highest BCUT2D eigenvalue weighted by Crippen LogP contribution is 2.19. The molecule has 2 saturated carbocycles. The first kappa shape index (κ1) is 16.0. The minimum absolute atomic E-state index is 0.0128. The van der Waals surface area contributed by atoms with Crippen LogP contribution in [0.2, 0.25) is 0 Å². The highest BCUT2D eigenvalue weighted by molar-refractivity contribution is 5.81. The van der Waals surface area contributed by atoms with Crippen LogP contribution in [-0.4, -0.2) is 41.9 Å². The number of amides is 2. The van der Waals surface area contributed by atoms with E-state index in [2.05, 4.69) is 34.9 Å². The van der Waals surface area contributed by atoms with Crippen LogP contribution in [0, 0.1) is 6.92 Å². The van der Waals surface area contributed by atoms with Gasteiger partial charge in [-0.1, -0.05) is 29.8 Å². The van der Waals surface area contributed by atoms with Gasteiger partial charge in [0.15, 0.2) is 0 Å². The van der Waals surface area contributed by atoms with Crippen LogP contribution in [0.3, 0.4) is 0 Å². The standard InChI is InChI=1S/C18H25N3O2/c1-13-2-4-14(5-3-13)10-21(11-17(22)19-15-6-7-15)12-18(23)20-16-8-9-16/h2-5,15-16H,6-12H2,1H3,(H,19,22)(H,20,23). The normalized spacial score (nSPS) is 17.1. The number of carbonyl (C=O) groups excluding carboxylic acids is 2. The average Bonchev–Trinajstić information content (AvgIpc) is 3.38. The van der Waals surface area contributed by atoms with Crippen molar-refractivity contribution in [2.45, 2.75) is 51.2 Å². The van der Waals surface area contributed by atoms with Gasteiger partial charge in [-0.25, -0.2) is 0 Å². The van der Waals surface area contributed by atoms with Gasteiger partial charge in [0, 0.05) is 18.6 Å². The summed E-state index contributed by atoms with van der Waals surface area (Å²) in [7, 11) is 0. The van der Waals surface area contributed by atoms with Crippen molar-refractivity contribution in [3.63, 3.8) is 0 Å². The molecule has 1 aromatic rings. The maximum atomic E-state index is 12.1. The maximum absolute atomic E-state index is 12.1. The average molecular weight is 315 g/mol. The molecule has 0 heterocycles. The van der Waals surface area contributed by atoms with Crippen LogP contribution in [0.25, 0.3) is 0 Å². The summed E-state index contributed by atoms with van der Waals surface area (Å²) < 4.78 is 0. The molecule has 2 aliphatic carbocycles. The predicted molar refractivity (Wildman–Crippen MR) is 88.8 cm³/mol. The second-order valence-electron chi connectivity index (χ2n) is 6.81. The molecule has 23 heavy (non-hydrogen) atoms. The molecule has 124 valence electrons. The molecule has 0 spiro atoms. The highest BCUT2D eigenvalue weighted by atomic mass is 16.2. The number of aryl methyl sites for hydroxylation is 1. The fraction of sp³-hybridized carbons (Fsp3) is 0.556. The smallest absolute Gasteiger partial charge is 0.234 e. The zero-order valence-electron chi connectivity index (χ0n) is 13.7. The van der Waals surface area contributed by atoms with Crippen LogP contribution in [0.4, 0.5) is 0 Å². The summed E-state index contributed by atoms with van der Waals surface area (Å²) in [6.07, 6.45) is 4.30. The molecule has 5 nitrogen and oxygen atoms in total. The van der Waals surface area contributed by atoms with Gasteiger partial charge < -0.3 is 10.6 Å².